The van der Waals surface area contributed by atoms with E-state index in [0.717, 1.165) is 12.6 Å². The Hall–Kier alpha value is -2.36. The Kier molecular flexibility index (Phi) is 5.83. The molecule has 7 nitrogen and oxygen atoms in total. The summed E-state index contributed by atoms with van der Waals surface area (Å²) in [7, 11) is 0. The molecule has 138 valence electrons. The van der Waals surface area contributed by atoms with Crippen molar-refractivity contribution in [3.63, 3.8) is 0 Å². The molecule has 1 saturated heterocycles. The molecule has 1 atom stereocenters. The zero-order valence-corrected chi connectivity index (χ0v) is 13.5. The number of nitro benzene ring substituents is 1. The van der Waals surface area contributed by atoms with Gasteiger partial charge >= 0.3 is 6.18 Å². The lowest BCUT2D eigenvalue weighted by Gasteiger charge is -2.39. The standard InChI is InChI=1S/C15H18F3N3O4/c1-2-19-5-6-20(10-22)13(8-19)12-4-3-11(21(23)24)7-14(12)25-9-15(16,17)18/h3-4,7,10,13H,2,5-6,8-9H2,1H3. The third-order valence-electron chi connectivity index (χ3n) is 4.05. The van der Waals surface area contributed by atoms with Crippen LogP contribution in [0.15, 0.2) is 18.2 Å². The van der Waals surface area contributed by atoms with Crippen LogP contribution in [-0.4, -0.2) is 60.1 Å². The highest BCUT2D eigenvalue weighted by molar-refractivity contribution is 5.52. The van der Waals surface area contributed by atoms with Gasteiger partial charge in [-0.15, -0.1) is 0 Å². The molecule has 1 amide bonds. The van der Waals surface area contributed by atoms with E-state index in [2.05, 4.69) is 0 Å². The first kappa shape index (κ1) is 19.0. The van der Waals surface area contributed by atoms with Gasteiger partial charge < -0.3 is 9.64 Å². The SMILES string of the molecule is CCN1CCN(C=O)C(c2ccc([N+](=O)[O-])cc2OCC(F)(F)F)C1. The van der Waals surface area contributed by atoms with Gasteiger partial charge in [-0.2, -0.15) is 13.2 Å². The first-order valence-electron chi connectivity index (χ1n) is 7.66. The second-order valence-electron chi connectivity index (χ2n) is 5.64. The van der Waals surface area contributed by atoms with Gasteiger partial charge in [0.2, 0.25) is 6.41 Å². The fraction of sp³-hybridized carbons (Fsp3) is 0.533. The maximum Gasteiger partial charge on any atom is 0.422 e. The van der Waals surface area contributed by atoms with Crippen molar-refractivity contribution >= 4 is 12.1 Å². The van der Waals surface area contributed by atoms with E-state index in [1.807, 2.05) is 11.8 Å². The molecule has 0 radical (unpaired) electrons. The van der Waals surface area contributed by atoms with Gasteiger partial charge in [-0.1, -0.05) is 6.92 Å². The van der Waals surface area contributed by atoms with Crippen LogP contribution < -0.4 is 4.74 Å². The molecule has 0 saturated carbocycles. The van der Waals surface area contributed by atoms with Crippen LogP contribution in [0.4, 0.5) is 18.9 Å². The molecule has 1 heterocycles. The minimum absolute atomic E-state index is 0.235. The van der Waals surface area contributed by atoms with Gasteiger partial charge in [-0.05, 0) is 12.6 Å². The predicted molar refractivity (Wildman–Crippen MR) is 82.3 cm³/mol. The zero-order valence-electron chi connectivity index (χ0n) is 13.5. The number of halogens is 3. The van der Waals surface area contributed by atoms with E-state index in [1.54, 1.807) is 0 Å². The number of nitro groups is 1. The molecule has 0 aliphatic carbocycles. The number of piperazine rings is 1. The maximum atomic E-state index is 12.5. The number of rotatable bonds is 6. The number of hydrogen-bond donors (Lipinski definition) is 0. The van der Waals surface area contributed by atoms with E-state index in [4.69, 9.17) is 4.74 Å². The molecular formula is C15H18F3N3O4. The fourth-order valence-corrected chi connectivity index (χ4v) is 2.74. The van der Waals surface area contributed by atoms with Gasteiger partial charge in [0.1, 0.15) is 5.75 Å². The van der Waals surface area contributed by atoms with E-state index in [0.29, 0.717) is 31.6 Å². The van der Waals surface area contributed by atoms with Crippen molar-refractivity contribution in [3.05, 3.63) is 33.9 Å². The molecule has 0 bridgehead atoms. The summed E-state index contributed by atoms with van der Waals surface area (Å²) < 4.78 is 42.3. The molecule has 25 heavy (non-hydrogen) atoms. The highest BCUT2D eigenvalue weighted by atomic mass is 19.4. The van der Waals surface area contributed by atoms with Crippen molar-refractivity contribution in [2.75, 3.05) is 32.8 Å². The number of carbonyl (C=O) groups excluding carboxylic acids is 1. The Balaban J connectivity index is 2.39. The Bertz CT molecular complexity index is 639. The van der Waals surface area contributed by atoms with Gasteiger partial charge in [0.15, 0.2) is 6.61 Å². The van der Waals surface area contributed by atoms with Crippen molar-refractivity contribution in [2.45, 2.75) is 19.1 Å². The zero-order chi connectivity index (χ0) is 18.6. The number of amides is 1. The van der Waals surface area contributed by atoms with Gasteiger partial charge in [-0.25, -0.2) is 0 Å². The first-order valence-corrected chi connectivity index (χ1v) is 7.66. The first-order chi connectivity index (χ1) is 11.7. The van der Waals surface area contributed by atoms with E-state index >= 15 is 0 Å². The molecule has 0 spiro atoms. The largest absolute Gasteiger partial charge is 0.483 e. The van der Waals surface area contributed by atoms with Gasteiger partial charge in [0.25, 0.3) is 5.69 Å². The predicted octanol–water partition coefficient (Wildman–Crippen LogP) is 2.37. The van der Waals surface area contributed by atoms with Gasteiger partial charge in [-0.3, -0.25) is 19.8 Å². The van der Waals surface area contributed by atoms with E-state index in [-0.39, 0.29) is 11.4 Å². The lowest BCUT2D eigenvalue weighted by molar-refractivity contribution is -0.385. The molecule has 0 N–H and O–H groups in total. The fourth-order valence-electron chi connectivity index (χ4n) is 2.74. The Morgan fingerprint density at radius 3 is 2.68 bits per heavy atom. The van der Waals surface area contributed by atoms with Crippen LogP contribution >= 0.6 is 0 Å². The number of benzene rings is 1. The molecule has 2 rings (SSSR count). The number of ether oxygens (including phenoxy) is 1. The second kappa shape index (κ2) is 7.68. The summed E-state index contributed by atoms with van der Waals surface area (Å²) in [6.07, 6.45) is -3.94. The lowest BCUT2D eigenvalue weighted by Crippen LogP contribution is -2.47. The summed E-state index contributed by atoms with van der Waals surface area (Å²) >= 11 is 0. The average molecular weight is 361 g/mol. The number of hydrogen-bond acceptors (Lipinski definition) is 5. The molecule has 1 aliphatic heterocycles. The third-order valence-corrected chi connectivity index (χ3v) is 4.05. The minimum atomic E-state index is -4.58. The quantitative estimate of drug-likeness (QED) is 0.442. The van der Waals surface area contributed by atoms with Crippen LogP contribution in [0, 0.1) is 10.1 Å². The molecular weight excluding hydrogens is 343 g/mol. The van der Waals surface area contributed by atoms with E-state index in [9.17, 15) is 28.1 Å². The van der Waals surface area contributed by atoms with Crippen molar-refractivity contribution < 1.29 is 27.6 Å². The third kappa shape index (κ3) is 4.81. The molecule has 1 aromatic rings. The van der Waals surface area contributed by atoms with Gasteiger partial charge in [0.05, 0.1) is 17.0 Å². The van der Waals surface area contributed by atoms with Crippen LogP contribution in [0.3, 0.4) is 0 Å². The highest BCUT2D eigenvalue weighted by Gasteiger charge is 2.32. The van der Waals surface area contributed by atoms with E-state index < -0.39 is 23.7 Å². The Labute approximate surface area is 142 Å². The smallest absolute Gasteiger partial charge is 0.422 e. The topological polar surface area (TPSA) is 75.9 Å². The van der Waals surface area contributed by atoms with Crippen molar-refractivity contribution in [3.8, 4) is 5.75 Å². The van der Waals surface area contributed by atoms with Crippen molar-refractivity contribution in [1.29, 1.82) is 0 Å². The van der Waals surface area contributed by atoms with Crippen LogP contribution in [0.25, 0.3) is 0 Å². The number of nitrogens with zero attached hydrogens (tertiary/aromatic N) is 3. The summed E-state index contributed by atoms with van der Waals surface area (Å²) in [5.41, 5.74) is -0.0539. The summed E-state index contributed by atoms with van der Waals surface area (Å²) in [4.78, 5) is 25.0. The normalized spacial score (nSPS) is 18.9. The van der Waals surface area contributed by atoms with Crippen LogP contribution in [0.5, 0.6) is 5.75 Å². The van der Waals surface area contributed by atoms with Crippen LogP contribution in [-0.2, 0) is 4.79 Å². The number of alkyl halides is 3. The molecule has 0 aromatic heterocycles. The summed E-state index contributed by atoms with van der Waals surface area (Å²) in [6, 6.07) is 2.98. The van der Waals surface area contributed by atoms with Crippen LogP contribution in [0.1, 0.15) is 18.5 Å². The van der Waals surface area contributed by atoms with Crippen LogP contribution in [0.2, 0.25) is 0 Å². The molecule has 1 fully saturated rings. The van der Waals surface area contributed by atoms with E-state index in [1.165, 1.54) is 17.0 Å². The number of carbonyl (C=O) groups is 1. The highest BCUT2D eigenvalue weighted by Crippen LogP contribution is 2.35. The Morgan fingerprint density at radius 2 is 2.12 bits per heavy atom. The molecule has 1 aliphatic rings. The van der Waals surface area contributed by atoms with Crippen molar-refractivity contribution in [1.82, 2.24) is 9.80 Å². The summed E-state index contributed by atoms with van der Waals surface area (Å²) in [5, 5.41) is 10.9. The average Bonchev–Trinajstić information content (AvgIpc) is 2.58. The minimum Gasteiger partial charge on any atom is -0.483 e. The molecule has 1 aromatic carbocycles. The number of non-ortho nitro benzene ring substituents is 1. The maximum absolute atomic E-state index is 12.5. The summed E-state index contributed by atoms with van der Waals surface area (Å²) in [6.45, 7) is 2.57. The van der Waals surface area contributed by atoms with Crippen molar-refractivity contribution in [2.24, 2.45) is 0 Å². The second-order valence-corrected chi connectivity index (χ2v) is 5.64. The van der Waals surface area contributed by atoms with Gasteiger partial charge in [0, 0.05) is 31.3 Å². The number of likely N-dealkylation sites (N-methyl/N-ethyl adjacent to an activating group) is 1. The molecule has 1 unspecified atom stereocenters. The lowest BCUT2D eigenvalue weighted by atomic mass is 10.0. The Morgan fingerprint density at radius 1 is 1.40 bits per heavy atom. The molecule has 10 heteroatoms. The monoisotopic (exact) mass is 361 g/mol. The summed E-state index contributed by atoms with van der Waals surface area (Å²) in [5.74, 6) is -0.235.